The topological polar surface area (TPSA) is 58.4 Å². The van der Waals surface area contributed by atoms with Crippen LogP contribution < -0.4 is 5.32 Å². The van der Waals surface area contributed by atoms with Crippen LogP contribution in [0.2, 0.25) is 0 Å². The van der Waals surface area contributed by atoms with Gasteiger partial charge in [0.2, 0.25) is 0 Å². The average molecular weight is 444 g/mol. The number of rotatable bonds is 7. The lowest BCUT2D eigenvalue weighted by molar-refractivity contribution is 0.102. The molecule has 5 nitrogen and oxygen atoms in total. The molecular weight excluding hydrogens is 418 g/mol. The zero-order valence-corrected chi connectivity index (χ0v) is 18.6. The summed E-state index contributed by atoms with van der Waals surface area (Å²) in [7, 11) is 0. The van der Waals surface area contributed by atoms with Gasteiger partial charge in [0.1, 0.15) is 5.52 Å². The van der Waals surface area contributed by atoms with Gasteiger partial charge in [-0.1, -0.05) is 54.2 Å². The first kappa shape index (κ1) is 20.8. The van der Waals surface area contributed by atoms with Crippen molar-refractivity contribution in [1.29, 1.82) is 0 Å². The molecule has 1 aliphatic rings. The van der Waals surface area contributed by atoms with Gasteiger partial charge in [-0.05, 0) is 67.4 Å². The minimum atomic E-state index is -0.106. The van der Waals surface area contributed by atoms with E-state index >= 15 is 0 Å². The van der Waals surface area contributed by atoms with Crippen LogP contribution in [0.25, 0.3) is 11.1 Å². The van der Waals surface area contributed by atoms with E-state index in [-0.39, 0.29) is 5.91 Å². The molecule has 0 atom stereocenters. The number of nitrogens with one attached hydrogen (secondary N) is 1. The Hall–Kier alpha value is -3.09. The summed E-state index contributed by atoms with van der Waals surface area (Å²) >= 11 is 1.49. The van der Waals surface area contributed by atoms with Gasteiger partial charge >= 0.3 is 0 Å². The van der Waals surface area contributed by atoms with Crippen LogP contribution in [-0.4, -0.2) is 28.9 Å². The van der Waals surface area contributed by atoms with Gasteiger partial charge in [-0.25, -0.2) is 4.98 Å². The predicted molar refractivity (Wildman–Crippen MR) is 129 cm³/mol. The highest BCUT2D eigenvalue weighted by Gasteiger charge is 2.14. The van der Waals surface area contributed by atoms with Crippen LogP contribution in [0.5, 0.6) is 0 Å². The highest BCUT2D eigenvalue weighted by Crippen LogP contribution is 2.27. The SMILES string of the molecule is O=C(Nc1ccc(CN2CCCC2)cc1)c1ccccc1CSc1nc2ccccc2o1. The number of likely N-dealkylation sites (tertiary alicyclic amines) is 1. The van der Waals surface area contributed by atoms with Crippen molar-refractivity contribution in [2.45, 2.75) is 30.4 Å². The number of oxazole rings is 1. The third-order valence-corrected chi connectivity index (χ3v) is 6.58. The average Bonchev–Trinajstić information content (AvgIpc) is 3.48. The first-order valence-electron chi connectivity index (χ1n) is 10.9. The summed E-state index contributed by atoms with van der Waals surface area (Å²) < 4.78 is 5.79. The van der Waals surface area contributed by atoms with Crippen molar-refractivity contribution in [2.24, 2.45) is 0 Å². The Morgan fingerprint density at radius 3 is 2.53 bits per heavy atom. The second kappa shape index (κ2) is 9.59. The van der Waals surface area contributed by atoms with Gasteiger partial charge in [0.15, 0.2) is 5.58 Å². The molecule has 1 saturated heterocycles. The number of nitrogens with zero attached hydrogens (tertiary/aromatic N) is 2. The number of fused-ring (bicyclic) bond motifs is 1. The molecule has 2 heterocycles. The Bertz CT molecular complexity index is 1180. The molecule has 3 aromatic carbocycles. The zero-order chi connectivity index (χ0) is 21.8. The Kier molecular flexibility index (Phi) is 6.23. The Balaban J connectivity index is 1.24. The van der Waals surface area contributed by atoms with Gasteiger partial charge < -0.3 is 9.73 Å². The van der Waals surface area contributed by atoms with Crippen molar-refractivity contribution >= 4 is 34.5 Å². The molecule has 1 aliphatic heterocycles. The van der Waals surface area contributed by atoms with Crippen LogP contribution in [0.15, 0.2) is 82.4 Å². The van der Waals surface area contributed by atoms with Crippen LogP contribution in [-0.2, 0) is 12.3 Å². The minimum absolute atomic E-state index is 0.106. The van der Waals surface area contributed by atoms with Crippen molar-refractivity contribution in [3.63, 3.8) is 0 Å². The number of anilines is 1. The van der Waals surface area contributed by atoms with E-state index in [2.05, 4.69) is 27.3 Å². The number of benzene rings is 3. The van der Waals surface area contributed by atoms with E-state index in [0.717, 1.165) is 28.9 Å². The molecule has 0 radical (unpaired) electrons. The predicted octanol–water partition coefficient (Wildman–Crippen LogP) is 5.97. The molecule has 4 aromatic rings. The quantitative estimate of drug-likeness (QED) is 0.357. The van der Waals surface area contributed by atoms with Gasteiger partial charge in [0.05, 0.1) is 0 Å². The van der Waals surface area contributed by atoms with E-state index in [9.17, 15) is 4.79 Å². The number of carbonyl (C=O) groups is 1. The van der Waals surface area contributed by atoms with Crippen LogP contribution >= 0.6 is 11.8 Å². The highest BCUT2D eigenvalue weighted by atomic mass is 32.2. The molecular formula is C26H25N3O2S. The standard InChI is InChI=1S/C26H25N3O2S/c30-25(27-21-13-11-19(12-14-21)17-29-15-5-6-16-29)22-8-2-1-7-20(22)18-32-26-28-23-9-3-4-10-24(23)31-26/h1-4,7-14H,5-6,15-18H2,(H,27,30). The van der Waals surface area contributed by atoms with Crippen LogP contribution in [0.1, 0.15) is 34.3 Å². The van der Waals surface area contributed by atoms with E-state index in [0.29, 0.717) is 16.5 Å². The fourth-order valence-electron chi connectivity index (χ4n) is 4.01. The number of amides is 1. The number of aromatic nitrogens is 1. The van der Waals surface area contributed by atoms with E-state index in [1.54, 1.807) is 0 Å². The normalized spacial score (nSPS) is 14.1. The smallest absolute Gasteiger partial charge is 0.257 e. The van der Waals surface area contributed by atoms with Crippen LogP contribution in [0.3, 0.4) is 0 Å². The lowest BCUT2D eigenvalue weighted by Gasteiger charge is -2.15. The van der Waals surface area contributed by atoms with Crippen molar-refractivity contribution in [3.05, 3.63) is 89.5 Å². The van der Waals surface area contributed by atoms with Crippen molar-refractivity contribution in [2.75, 3.05) is 18.4 Å². The van der Waals surface area contributed by atoms with Gasteiger partial charge in [0.25, 0.3) is 11.1 Å². The largest absolute Gasteiger partial charge is 0.431 e. The van der Waals surface area contributed by atoms with Crippen LogP contribution in [0.4, 0.5) is 5.69 Å². The van der Waals surface area contributed by atoms with Crippen molar-refractivity contribution < 1.29 is 9.21 Å². The first-order valence-corrected chi connectivity index (χ1v) is 11.9. The summed E-state index contributed by atoms with van der Waals surface area (Å²) in [5.74, 6) is 0.497. The van der Waals surface area contributed by atoms with Gasteiger partial charge in [-0.3, -0.25) is 9.69 Å². The molecule has 1 N–H and O–H groups in total. The fraction of sp³-hybridized carbons (Fsp3) is 0.231. The molecule has 6 heteroatoms. The molecule has 32 heavy (non-hydrogen) atoms. The second-order valence-electron chi connectivity index (χ2n) is 8.03. The number of hydrogen-bond acceptors (Lipinski definition) is 5. The van der Waals surface area contributed by atoms with Gasteiger partial charge in [0, 0.05) is 23.5 Å². The Morgan fingerprint density at radius 1 is 0.969 bits per heavy atom. The Morgan fingerprint density at radius 2 is 1.72 bits per heavy atom. The monoisotopic (exact) mass is 443 g/mol. The molecule has 0 unspecified atom stereocenters. The molecule has 5 rings (SSSR count). The molecule has 0 saturated carbocycles. The molecule has 0 spiro atoms. The third-order valence-electron chi connectivity index (χ3n) is 5.70. The summed E-state index contributed by atoms with van der Waals surface area (Å²) in [6, 6.07) is 23.6. The molecule has 0 bridgehead atoms. The number of para-hydroxylation sites is 2. The molecule has 1 aromatic heterocycles. The number of carbonyl (C=O) groups excluding carboxylic acids is 1. The van der Waals surface area contributed by atoms with Gasteiger partial charge in [-0.15, -0.1) is 0 Å². The Labute approximate surface area is 191 Å². The van der Waals surface area contributed by atoms with Crippen molar-refractivity contribution in [3.8, 4) is 0 Å². The maximum absolute atomic E-state index is 13.0. The lowest BCUT2D eigenvalue weighted by Crippen LogP contribution is -2.18. The maximum atomic E-state index is 13.0. The van der Waals surface area contributed by atoms with Crippen molar-refractivity contribution in [1.82, 2.24) is 9.88 Å². The zero-order valence-electron chi connectivity index (χ0n) is 17.8. The fourth-order valence-corrected chi connectivity index (χ4v) is 4.85. The highest BCUT2D eigenvalue weighted by molar-refractivity contribution is 7.98. The summed E-state index contributed by atoms with van der Waals surface area (Å²) in [6.45, 7) is 3.33. The minimum Gasteiger partial charge on any atom is -0.431 e. The molecule has 162 valence electrons. The summed E-state index contributed by atoms with van der Waals surface area (Å²) in [6.07, 6.45) is 2.58. The molecule has 0 aliphatic carbocycles. The molecule has 1 fully saturated rings. The van der Waals surface area contributed by atoms with Crippen LogP contribution in [0, 0.1) is 0 Å². The maximum Gasteiger partial charge on any atom is 0.257 e. The third kappa shape index (κ3) is 4.87. The first-order chi connectivity index (χ1) is 15.7. The number of hydrogen-bond donors (Lipinski definition) is 1. The second-order valence-corrected chi connectivity index (χ2v) is 8.95. The number of thioether (sulfide) groups is 1. The van der Waals surface area contributed by atoms with E-state index < -0.39 is 0 Å². The lowest BCUT2D eigenvalue weighted by atomic mass is 10.1. The van der Waals surface area contributed by atoms with Gasteiger partial charge in [-0.2, -0.15) is 0 Å². The summed E-state index contributed by atoms with van der Waals surface area (Å²) in [5, 5.41) is 3.64. The van der Waals surface area contributed by atoms with E-state index in [4.69, 9.17) is 4.42 Å². The summed E-state index contributed by atoms with van der Waals surface area (Å²) in [4.78, 5) is 20.0. The summed E-state index contributed by atoms with van der Waals surface area (Å²) in [5.41, 5.74) is 5.31. The van der Waals surface area contributed by atoms with E-state index in [1.165, 1.54) is 43.3 Å². The van der Waals surface area contributed by atoms with E-state index in [1.807, 2.05) is 60.7 Å². The molecule has 1 amide bonds.